The number of hydrogen-bond acceptors (Lipinski definition) is 5. The number of benzene rings is 1. The van der Waals surface area contributed by atoms with E-state index in [1.54, 1.807) is 39.8 Å². The minimum absolute atomic E-state index is 0.101. The van der Waals surface area contributed by atoms with Crippen molar-refractivity contribution in [3.05, 3.63) is 29.3 Å². The normalized spacial score (nSPS) is 12.7. The Morgan fingerprint density at radius 1 is 1.14 bits per heavy atom. The van der Waals surface area contributed by atoms with Gasteiger partial charge in [0.05, 0.1) is 0 Å². The molecule has 0 saturated heterocycles. The SMILES string of the molecule is Cc1cc(C(C(=O)NC(C)(C)C)N(C)C(=O)CNC(=O)OC(C)(C)C)ccc1O. The first kappa shape index (κ1) is 24.3. The third-order valence-electron chi connectivity index (χ3n) is 3.85. The fraction of sp³-hybridized carbons (Fsp3) is 0.571. The molecular formula is C21H33N3O5. The Bertz CT molecular complexity index is 763. The van der Waals surface area contributed by atoms with Crippen LogP contribution in [0.25, 0.3) is 0 Å². The van der Waals surface area contributed by atoms with E-state index in [0.717, 1.165) is 0 Å². The predicted octanol–water partition coefficient (Wildman–Crippen LogP) is 2.64. The number of likely N-dealkylation sites (N-methyl/N-ethyl adjacent to an activating group) is 1. The van der Waals surface area contributed by atoms with Crippen molar-refractivity contribution in [2.45, 2.75) is 65.6 Å². The van der Waals surface area contributed by atoms with Gasteiger partial charge in [-0.15, -0.1) is 0 Å². The zero-order valence-corrected chi connectivity index (χ0v) is 18.5. The van der Waals surface area contributed by atoms with Crippen molar-refractivity contribution in [1.82, 2.24) is 15.5 Å². The molecule has 1 atom stereocenters. The summed E-state index contributed by atoms with van der Waals surface area (Å²) in [6, 6.07) is 3.81. The number of alkyl carbamates (subject to hydrolysis) is 1. The van der Waals surface area contributed by atoms with Gasteiger partial charge in [-0.2, -0.15) is 0 Å². The van der Waals surface area contributed by atoms with Crippen LogP contribution in [0.3, 0.4) is 0 Å². The molecule has 8 nitrogen and oxygen atoms in total. The van der Waals surface area contributed by atoms with Crippen LogP contribution in [-0.4, -0.2) is 52.6 Å². The van der Waals surface area contributed by atoms with Crippen LogP contribution in [0.2, 0.25) is 0 Å². The van der Waals surface area contributed by atoms with Gasteiger partial charge in [0.1, 0.15) is 23.9 Å². The van der Waals surface area contributed by atoms with Crippen molar-refractivity contribution in [3.8, 4) is 5.75 Å². The summed E-state index contributed by atoms with van der Waals surface area (Å²) in [5, 5.41) is 15.1. The summed E-state index contributed by atoms with van der Waals surface area (Å²) in [6.07, 6.45) is -0.713. The quantitative estimate of drug-likeness (QED) is 0.695. The summed E-state index contributed by atoms with van der Waals surface area (Å²) >= 11 is 0. The fourth-order valence-corrected chi connectivity index (χ4v) is 2.57. The summed E-state index contributed by atoms with van der Waals surface area (Å²) in [4.78, 5) is 38.7. The number of hydrogen-bond donors (Lipinski definition) is 3. The molecule has 0 bridgehead atoms. The largest absolute Gasteiger partial charge is 0.508 e. The second-order valence-electron chi connectivity index (χ2n) is 9.05. The molecule has 1 unspecified atom stereocenters. The number of aromatic hydroxyl groups is 1. The second kappa shape index (κ2) is 9.15. The smallest absolute Gasteiger partial charge is 0.408 e. The van der Waals surface area contributed by atoms with Gasteiger partial charge in [-0.3, -0.25) is 9.59 Å². The van der Waals surface area contributed by atoms with E-state index in [0.29, 0.717) is 11.1 Å². The van der Waals surface area contributed by atoms with Crippen molar-refractivity contribution in [2.75, 3.05) is 13.6 Å². The van der Waals surface area contributed by atoms with E-state index >= 15 is 0 Å². The van der Waals surface area contributed by atoms with Gasteiger partial charge in [0.15, 0.2) is 0 Å². The van der Waals surface area contributed by atoms with Crippen molar-refractivity contribution >= 4 is 17.9 Å². The standard InChI is InChI=1S/C21H33N3O5/c1-13-11-14(9-10-15(13)25)17(18(27)23-20(2,3)4)24(8)16(26)12-22-19(28)29-21(5,6)7/h9-11,17,25H,12H2,1-8H3,(H,22,28)(H,23,27). The molecule has 29 heavy (non-hydrogen) atoms. The van der Waals surface area contributed by atoms with Crippen molar-refractivity contribution in [1.29, 1.82) is 0 Å². The summed E-state index contributed by atoms with van der Waals surface area (Å²) in [7, 11) is 1.49. The van der Waals surface area contributed by atoms with E-state index in [1.807, 2.05) is 20.8 Å². The lowest BCUT2D eigenvalue weighted by Crippen LogP contribution is -2.50. The van der Waals surface area contributed by atoms with Crippen LogP contribution in [0.15, 0.2) is 18.2 Å². The van der Waals surface area contributed by atoms with Crippen molar-refractivity contribution < 1.29 is 24.2 Å². The summed E-state index contributed by atoms with van der Waals surface area (Å²) < 4.78 is 5.13. The summed E-state index contributed by atoms with van der Waals surface area (Å²) in [5.41, 5.74) is -0.0449. The van der Waals surface area contributed by atoms with Crippen LogP contribution in [-0.2, 0) is 14.3 Å². The van der Waals surface area contributed by atoms with Crippen LogP contribution in [0, 0.1) is 6.92 Å². The minimum Gasteiger partial charge on any atom is -0.508 e. The monoisotopic (exact) mass is 407 g/mol. The van der Waals surface area contributed by atoms with E-state index < -0.39 is 29.2 Å². The molecule has 0 aromatic heterocycles. The average Bonchev–Trinajstić information content (AvgIpc) is 2.52. The van der Waals surface area contributed by atoms with Crippen molar-refractivity contribution in [2.24, 2.45) is 0 Å². The Balaban J connectivity index is 3.05. The van der Waals surface area contributed by atoms with Crippen LogP contribution in [0.4, 0.5) is 4.79 Å². The molecule has 0 radical (unpaired) electrons. The Hall–Kier alpha value is -2.77. The number of carbonyl (C=O) groups is 3. The van der Waals surface area contributed by atoms with E-state index in [4.69, 9.17) is 4.74 Å². The van der Waals surface area contributed by atoms with Crippen LogP contribution >= 0.6 is 0 Å². The van der Waals surface area contributed by atoms with Crippen LogP contribution < -0.4 is 10.6 Å². The first-order valence-corrected chi connectivity index (χ1v) is 9.45. The molecule has 3 amide bonds. The number of phenols is 1. The molecule has 0 saturated carbocycles. The summed E-state index contributed by atoms with van der Waals surface area (Å²) in [6.45, 7) is 12.1. The third kappa shape index (κ3) is 8.01. The Morgan fingerprint density at radius 3 is 2.21 bits per heavy atom. The minimum atomic E-state index is -0.929. The molecule has 8 heteroatoms. The van der Waals surface area contributed by atoms with Crippen LogP contribution in [0.5, 0.6) is 5.75 Å². The van der Waals surface area contributed by atoms with Gasteiger partial charge in [0, 0.05) is 12.6 Å². The number of carbonyl (C=O) groups excluding carboxylic acids is 3. The molecule has 0 spiro atoms. The van der Waals surface area contributed by atoms with Crippen LogP contribution in [0.1, 0.15) is 58.7 Å². The molecule has 3 N–H and O–H groups in total. The molecule has 1 rings (SSSR count). The predicted molar refractivity (Wildman–Crippen MR) is 110 cm³/mol. The molecule has 0 aliphatic carbocycles. The van der Waals surface area contributed by atoms with Gasteiger partial charge in [0.25, 0.3) is 0 Å². The maximum Gasteiger partial charge on any atom is 0.408 e. The zero-order valence-electron chi connectivity index (χ0n) is 18.5. The Morgan fingerprint density at radius 2 is 1.72 bits per heavy atom. The van der Waals surface area contributed by atoms with Gasteiger partial charge >= 0.3 is 6.09 Å². The highest BCUT2D eigenvalue weighted by Crippen LogP contribution is 2.26. The number of phenolic OH excluding ortho intramolecular Hbond substituents is 1. The maximum atomic E-state index is 12.9. The lowest BCUT2D eigenvalue weighted by molar-refractivity contribution is -0.139. The molecule has 0 heterocycles. The topological polar surface area (TPSA) is 108 Å². The number of nitrogens with zero attached hydrogens (tertiary/aromatic N) is 1. The molecule has 162 valence electrons. The van der Waals surface area contributed by atoms with Gasteiger partial charge in [0.2, 0.25) is 11.8 Å². The Labute approximate surface area is 172 Å². The second-order valence-corrected chi connectivity index (χ2v) is 9.05. The first-order chi connectivity index (χ1) is 13.1. The number of amides is 3. The van der Waals surface area contributed by atoms with Gasteiger partial charge in [-0.05, 0) is 71.7 Å². The van der Waals surface area contributed by atoms with Gasteiger partial charge in [-0.25, -0.2) is 4.79 Å². The first-order valence-electron chi connectivity index (χ1n) is 9.45. The fourth-order valence-electron chi connectivity index (χ4n) is 2.57. The zero-order chi connectivity index (χ0) is 22.6. The van der Waals surface area contributed by atoms with E-state index in [-0.39, 0.29) is 18.2 Å². The average molecular weight is 408 g/mol. The number of ether oxygens (including phenoxy) is 1. The maximum absolute atomic E-state index is 12.9. The lowest BCUT2D eigenvalue weighted by atomic mass is 10.00. The molecule has 1 aromatic carbocycles. The molecule has 1 aromatic rings. The number of aryl methyl sites for hydroxylation is 1. The highest BCUT2D eigenvalue weighted by atomic mass is 16.6. The van der Waals surface area contributed by atoms with Gasteiger partial charge < -0.3 is 25.4 Å². The molecule has 0 aliphatic heterocycles. The molecule has 0 aliphatic rings. The van der Waals surface area contributed by atoms with E-state index in [2.05, 4.69) is 10.6 Å². The highest BCUT2D eigenvalue weighted by molar-refractivity contribution is 5.90. The number of nitrogens with one attached hydrogen (secondary N) is 2. The lowest BCUT2D eigenvalue weighted by Gasteiger charge is -2.31. The van der Waals surface area contributed by atoms with E-state index in [9.17, 15) is 19.5 Å². The molecule has 0 fully saturated rings. The molecular weight excluding hydrogens is 374 g/mol. The third-order valence-corrected chi connectivity index (χ3v) is 3.85. The van der Waals surface area contributed by atoms with Crippen molar-refractivity contribution in [3.63, 3.8) is 0 Å². The van der Waals surface area contributed by atoms with Gasteiger partial charge in [-0.1, -0.05) is 6.07 Å². The van der Waals surface area contributed by atoms with E-state index in [1.165, 1.54) is 18.0 Å². The highest BCUT2D eigenvalue weighted by Gasteiger charge is 2.31. The summed E-state index contributed by atoms with van der Waals surface area (Å²) in [5.74, 6) is -0.726. The number of rotatable bonds is 5. The Kier molecular flexibility index (Phi) is 7.66.